The van der Waals surface area contributed by atoms with E-state index in [9.17, 15) is 8.78 Å². The van der Waals surface area contributed by atoms with Gasteiger partial charge in [0.2, 0.25) is 5.82 Å². The molecule has 0 saturated carbocycles. The molecular weight excluding hydrogens is 246 g/mol. The van der Waals surface area contributed by atoms with Crippen molar-refractivity contribution in [2.45, 2.75) is 13.8 Å². The van der Waals surface area contributed by atoms with Gasteiger partial charge in [-0.1, -0.05) is 35.9 Å². The van der Waals surface area contributed by atoms with Crippen LogP contribution in [0.2, 0.25) is 0 Å². The third-order valence-corrected chi connectivity index (χ3v) is 2.74. The zero-order valence-electron chi connectivity index (χ0n) is 10.8. The van der Waals surface area contributed by atoms with Crippen molar-refractivity contribution >= 4 is 0 Å². The van der Waals surface area contributed by atoms with Crippen molar-refractivity contribution in [2.75, 3.05) is 0 Å². The lowest BCUT2D eigenvalue weighted by Gasteiger charge is -2.08. The first-order valence-electron chi connectivity index (χ1n) is 5.96. The Bertz CT molecular complexity index is 601. The quantitative estimate of drug-likeness (QED) is 0.716. The molecule has 0 aliphatic carbocycles. The second kappa shape index (κ2) is 5.65. The van der Waals surface area contributed by atoms with E-state index >= 15 is 0 Å². The summed E-state index contributed by atoms with van der Waals surface area (Å²) < 4.78 is 32.8. The summed E-state index contributed by atoms with van der Waals surface area (Å²) in [5.41, 5.74) is 1.93. The van der Waals surface area contributed by atoms with E-state index < -0.39 is 11.6 Å². The van der Waals surface area contributed by atoms with Crippen LogP contribution in [0.25, 0.3) is 11.1 Å². The number of halogens is 2. The molecule has 0 aromatic heterocycles. The molecule has 0 aliphatic rings. The van der Waals surface area contributed by atoms with Gasteiger partial charge in [-0.3, -0.25) is 0 Å². The SMILES string of the molecule is C/C=C/Oc1ccc(-c2ccc(C)cc2)c(F)c1F. The third-order valence-electron chi connectivity index (χ3n) is 2.74. The molecule has 0 bridgehead atoms. The van der Waals surface area contributed by atoms with E-state index in [1.54, 1.807) is 25.1 Å². The Balaban J connectivity index is 2.43. The normalized spacial score (nSPS) is 10.9. The summed E-state index contributed by atoms with van der Waals surface area (Å²) >= 11 is 0. The highest BCUT2D eigenvalue weighted by Gasteiger charge is 2.15. The van der Waals surface area contributed by atoms with Gasteiger partial charge in [0.05, 0.1) is 6.26 Å². The summed E-state index contributed by atoms with van der Waals surface area (Å²) in [4.78, 5) is 0. The van der Waals surface area contributed by atoms with Gasteiger partial charge in [0.1, 0.15) is 0 Å². The molecule has 0 aliphatic heterocycles. The number of rotatable bonds is 3. The Morgan fingerprint density at radius 2 is 1.63 bits per heavy atom. The van der Waals surface area contributed by atoms with Crippen molar-refractivity contribution in [3.8, 4) is 16.9 Å². The number of aryl methyl sites for hydroxylation is 1. The number of allylic oxidation sites excluding steroid dienone is 1. The van der Waals surface area contributed by atoms with Gasteiger partial charge >= 0.3 is 0 Å². The molecule has 3 heteroatoms. The second-order valence-corrected chi connectivity index (χ2v) is 4.19. The zero-order valence-corrected chi connectivity index (χ0v) is 10.8. The summed E-state index contributed by atoms with van der Waals surface area (Å²) in [6, 6.07) is 10.2. The maximum atomic E-state index is 14.0. The number of ether oxygens (including phenoxy) is 1. The molecule has 0 saturated heterocycles. The van der Waals surface area contributed by atoms with Crippen LogP contribution in [0.15, 0.2) is 48.7 Å². The largest absolute Gasteiger partial charge is 0.462 e. The molecule has 19 heavy (non-hydrogen) atoms. The molecule has 2 aromatic carbocycles. The first-order valence-corrected chi connectivity index (χ1v) is 5.96. The van der Waals surface area contributed by atoms with Crippen LogP contribution in [0.4, 0.5) is 8.78 Å². The van der Waals surface area contributed by atoms with Crippen LogP contribution in [-0.4, -0.2) is 0 Å². The monoisotopic (exact) mass is 260 g/mol. The van der Waals surface area contributed by atoms with Crippen LogP contribution in [0, 0.1) is 18.6 Å². The van der Waals surface area contributed by atoms with Gasteiger partial charge in [-0.15, -0.1) is 0 Å². The minimum Gasteiger partial charge on any atom is -0.462 e. The van der Waals surface area contributed by atoms with Crippen LogP contribution < -0.4 is 4.74 Å². The molecule has 0 N–H and O–H groups in total. The van der Waals surface area contributed by atoms with Gasteiger partial charge in [0.15, 0.2) is 11.6 Å². The fourth-order valence-electron chi connectivity index (χ4n) is 1.72. The fourth-order valence-corrected chi connectivity index (χ4v) is 1.72. The van der Waals surface area contributed by atoms with E-state index in [-0.39, 0.29) is 11.3 Å². The first kappa shape index (κ1) is 13.3. The van der Waals surface area contributed by atoms with Crippen molar-refractivity contribution in [1.82, 2.24) is 0 Å². The molecule has 1 nitrogen and oxygen atoms in total. The minimum absolute atomic E-state index is 0.119. The Morgan fingerprint density at radius 1 is 0.947 bits per heavy atom. The van der Waals surface area contributed by atoms with E-state index in [1.807, 2.05) is 19.1 Å². The highest BCUT2D eigenvalue weighted by atomic mass is 19.2. The van der Waals surface area contributed by atoms with Gasteiger partial charge in [-0.05, 0) is 31.5 Å². The van der Waals surface area contributed by atoms with Crippen molar-refractivity contribution in [3.63, 3.8) is 0 Å². The molecule has 0 atom stereocenters. The molecule has 0 unspecified atom stereocenters. The average Bonchev–Trinajstić information content (AvgIpc) is 2.42. The molecule has 98 valence electrons. The average molecular weight is 260 g/mol. The molecular formula is C16H14F2O. The zero-order chi connectivity index (χ0) is 13.8. The topological polar surface area (TPSA) is 9.23 Å². The lowest BCUT2D eigenvalue weighted by Crippen LogP contribution is -1.94. The van der Waals surface area contributed by atoms with E-state index in [1.165, 1.54) is 18.4 Å². The van der Waals surface area contributed by atoms with Gasteiger partial charge in [0.25, 0.3) is 0 Å². The summed E-state index contributed by atoms with van der Waals surface area (Å²) in [5, 5.41) is 0. The van der Waals surface area contributed by atoms with Crippen molar-refractivity contribution in [3.05, 3.63) is 65.9 Å². The predicted molar refractivity (Wildman–Crippen MR) is 72.0 cm³/mol. The molecule has 0 heterocycles. The van der Waals surface area contributed by atoms with E-state index in [2.05, 4.69) is 0 Å². The lowest BCUT2D eigenvalue weighted by molar-refractivity contribution is 0.415. The summed E-state index contributed by atoms with van der Waals surface area (Å²) in [6.07, 6.45) is 2.91. The molecule has 2 rings (SSSR count). The highest BCUT2D eigenvalue weighted by molar-refractivity contribution is 5.65. The summed E-state index contributed by atoms with van der Waals surface area (Å²) in [5.74, 6) is -1.99. The van der Waals surface area contributed by atoms with Gasteiger partial charge in [-0.25, -0.2) is 4.39 Å². The molecule has 0 amide bonds. The van der Waals surface area contributed by atoms with Crippen LogP contribution in [-0.2, 0) is 0 Å². The Morgan fingerprint density at radius 3 is 2.26 bits per heavy atom. The van der Waals surface area contributed by atoms with E-state index in [0.29, 0.717) is 5.56 Å². The molecule has 0 radical (unpaired) electrons. The first-order chi connectivity index (χ1) is 9.13. The Hall–Kier alpha value is -2.16. The van der Waals surface area contributed by atoms with E-state index in [0.717, 1.165) is 5.56 Å². The van der Waals surface area contributed by atoms with Crippen molar-refractivity contribution in [1.29, 1.82) is 0 Å². The van der Waals surface area contributed by atoms with Crippen LogP contribution in [0.1, 0.15) is 12.5 Å². The summed E-state index contributed by atoms with van der Waals surface area (Å²) in [6.45, 7) is 3.67. The molecule has 0 fully saturated rings. The maximum Gasteiger partial charge on any atom is 0.201 e. The standard InChI is InChI=1S/C16H14F2O/c1-3-10-19-14-9-8-13(15(17)16(14)18)12-6-4-11(2)5-7-12/h3-10H,1-2H3/b10-3+. The Labute approximate surface area is 111 Å². The van der Waals surface area contributed by atoms with Crippen molar-refractivity contribution < 1.29 is 13.5 Å². The Kier molecular flexibility index (Phi) is 3.95. The van der Waals surface area contributed by atoms with Gasteiger partial charge in [-0.2, -0.15) is 4.39 Å². The van der Waals surface area contributed by atoms with Crippen LogP contribution >= 0.6 is 0 Å². The van der Waals surface area contributed by atoms with Crippen LogP contribution in [0.5, 0.6) is 5.75 Å². The number of hydrogen-bond donors (Lipinski definition) is 0. The second-order valence-electron chi connectivity index (χ2n) is 4.19. The molecule has 0 spiro atoms. The lowest BCUT2D eigenvalue weighted by atomic mass is 10.0. The number of benzene rings is 2. The van der Waals surface area contributed by atoms with E-state index in [4.69, 9.17) is 4.74 Å². The molecule has 2 aromatic rings. The predicted octanol–water partition coefficient (Wildman–Crippen LogP) is 4.85. The number of hydrogen-bond acceptors (Lipinski definition) is 1. The van der Waals surface area contributed by atoms with Crippen molar-refractivity contribution in [2.24, 2.45) is 0 Å². The maximum absolute atomic E-state index is 14.0. The third kappa shape index (κ3) is 2.81. The highest BCUT2D eigenvalue weighted by Crippen LogP contribution is 2.30. The minimum atomic E-state index is -0.976. The summed E-state index contributed by atoms with van der Waals surface area (Å²) in [7, 11) is 0. The smallest absolute Gasteiger partial charge is 0.201 e. The van der Waals surface area contributed by atoms with Gasteiger partial charge in [0, 0.05) is 5.56 Å². The van der Waals surface area contributed by atoms with Crippen LogP contribution in [0.3, 0.4) is 0 Å². The van der Waals surface area contributed by atoms with Gasteiger partial charge < -0.3 is 4.74 Å². The fraction of sp³-hybridized carbons (Fsp3) is 0.125.